The fraction of sp³-hybridized carbons (Fsp3) is 0.306. The Labute approximate surface area is 269 Å². The third kappa shape index (κ3) is 8.06. The summed E-state index contributed by atoms with van der Waals surface area (Å²) >= 11 is 0. The van der Waals surface area contributed by atoms with Crippen LogP contribution in [0, 0.1) is 5.92 Å². The molecule has 4 rings (SSSR count). The van der Waals surface area contributed by atoms with Gasteiger partial charge in [0.2, 0.25) is 5.91 Å². The van der Waals surface area contributed by atoms with Crippen molar-refractivity contribution in [3.8, 4) is 5.75 Å². The predicted molar refractivity (Wildman–Crippen MR) is 172 cm³/mol. The van der Waals surface area contributed by atoms with E-state index in [9.17, 15) is 24.0 Å². The van der Waals surface area contributed by atoms with Crippen LogP contribution in [0.1, 0.15) is 49.2 Å². The number of ether oxygens (including phenoxy) is 2. The van der Waals surface area contributed by atoms with Gasteiger partial charge in [-0.1, -0.05) is 74.5 Å². The van der Waals surface area contributed by atoms with Gasteiger partial charge in [-0.3, -0.25) is 24.1 Å². The molecule has 3 aromatic rings. The Morgan fingerprint density at radius 3 is 2.02 bits per heavy atom. The minimum atomic E-state index is -1.22. The second-order valence-corrected chi connectivity index (χ2v) is 11.6. The highest BCUT2D eigenvalue weighted by molar-refractivity contribution is 6.36. The molecule has 3 aromatic carbocycles. The number of rotatable bonds is 12. The van der Waals surface area contributed by atoms with E-state index < -0.39 is 48.3 Å². The van der Waals surface area contributed by atoms with Gasteiger partial charge < -0.3 is 19.7 Å². The lowest BCUT2D eigenvalue weighted by Crippen LogP contribution is -2.57. The number of carbonyl (C=O) groups excluding carboxylic acids is 5. The normalized spacial score (nSPS) is 15.3. The maximum absolute atomic E-state index is 14.2. The van der Waals surface area contributed by atoms with E-state index in [1.165, 1.54) is 16.9 Å². The van der Waals surface area contributed by atoms with E-state index in [1.54, 1.807) is 92.8 Å². The molecular weight excluding hydrogens is 586 g/mol. The second-order valence-electron chi connectivity index (χ2n) is 11.6. The highest BCUT2D eigenvalue weighted by Crippen LogP contribution is 2.31. The lowest BCUT2D eigenvalue weighted by molar-refractivity contribution is -0.157. The zero-order valence-electron chi connectivity index (χ0n) is 26.6. The first-order valence-corrected chi connectivity index (χ1v) is 15.1. The maximum Gasteiger partial charge on any atom is 0.377 e. The first-order valence-electron chi connectivity index (χ1n) is 15.1. The highest BCUT2D eigenvalue weighted by Gasteiger charge is 2.41. The average molecular weight is 626 g/mol. The van der Waals surface area contributed by atoms with Gasteiger partial charge in [0.1, 0.15) is 24.4 Å². The van der Waals surface area contributed by atoms with E-state index in [-0.39, 0.29) is 18.2 Å². The predicted octanol–water partition coefficient (Wildman–Crippen LogP) is 4.25. The first-order chi connectivity index (χ1) is 22.0. The van der Waals surface area contributed by atoms with Crippen molar-refractivity contribution < 1.29 is 33.4 Å². The van der Waals surface area contributed by atoms with Gasteiger partial charge in [0.05, 0.1) is 18.9 Å². The molecule has 1 aliphatic heterocycles. The number of carbonyl (C=O) groups is 5. The van der Waals surface area contributed by atoms with Crippen molar-refractivity contribution >= 4 is 35.2 Å². The number of hydrogen-bond acceptors (Lipinski definition) is 7. The van der Waals surface area contributed by atoms with Crippen LogP contribution in [0.4, 0.5) is 0 Å². The SMILES string of the molecule is COc1ccc(C(=O)N2C=C(c3ccccc3)N(CC(=O)N[C@@H](Cc3ccccc3)C(=O)C(=O)OC(C)C)C(=O)C2C(C)C)cc1. The molecule has 0 aliphatic carbocycles. The van der Waals surface area contributed by atoms with Crippen LogP contribution in [-0.2, 0) is 30.3 Å². The van der Waals surface area contributed by atoms with Crippen molar-refractivity contribution in [3.05, 3.63) is 108 Å². The monoisotopic (exact) mass is 625 g/mol. The summed E-state index contributed by atoms with van der Waals surface area (Å²) in [6.45, 7) is 6.45. The zero-order valence-corrected chi connectivity index (χ0v) is 26.6. The molecule has 0 spiro atoms. The summed E-state index contributed by atoms with van der Waals surface area (Å²) in [4.78, 5) is 70.1. The topological polar surface area (TPSA) is 122 Å². The number of amides is 3. The Hall–Kier alpha value is -5.25. The van der Waals surface area contributed by atoms with Crippen molar-refractivity contribution in [2.75, 3.05) is 13.7 Å². The lowest BCUT2D eigenvalue weighted by atomic mass is 9.96. The minimum Gasteiger partial charge on any atom is -0.497 e. The van der Waals surface area contributed by atoms with E-state index in [0.29, 0.717) is 22.6 Å². The Bertz CT molecular complexity index is 1580. The van der Waals surface area contributed by atoms with Crippen molar-refractivity contribution in [1.29, 1.82) is 0 Å². The van der Waals surface area contributed by atoms with Gasteiger partial charge in [-0.25, -0.2) is 4.79 Å². The number of hydrogen-bond donors (Lipinski definition) is 1. The summed E-state index contributed by atoms with van der Waals surface area (Å²) < 4.78 is 10.3. The Balaban J connectivity index is 1.68. The van der Waals surface area contributed by atoms with Gasteiger partial charge >= 0.3 is 5.97 Å². The van der Waals surface area contributed by atoms with Gasteiger partial charge in [-0.15, -0.1) is 0 Å². The van der Waals surface area contributed by atoms with Crippen molar-refractivity contribution in [1.82, 2.24) is 15.1 Å². The molecule has 46 heavy (non-hydrogen) atoms. The Kier molecular flexibility index (Phi) is 11.1. The molecule has 2 atom stereocenters. The quantitative estimate of drug-likeness (QED) is 0.236. The van der Waals surface area contributed by atoms with E-state index in [1.807, 2.05) is 26.0 Å². The van der Waals surface area contributed by atoms with Gasteiger partial charge in [0.25, 0.3) is 17.6 Å². The van der Waals surface area contributed by atoms with Crippen LogP contribution in [0.3, 0.4) is 0 Å². The van der Waals surface area contributed by atoms with Gasteiger partial charge in [0.15, 0.2) is 0 Å². The number of methoxy groups -OCH3 is 1. The van der Waals surface area contributed by atoms with Gasteiger partial charge in [0, 0.05) is 18.2 Å². The number of nitrogens with zero attached hydrogens (tertiary/aromatic N) is 2. The van der Waals surface area contributed by atoms with Crippen LogP contribution in [0.25, 0.3) is 5.70 Å². The molecule has 1 heterocycles. The molecule has 240 valence electrons. The van der Waals surface area contributed by atoms with Crippen molar-refractivity contribution in [3.63, 3.8) is 0 Å². The van der Waals surface area contributed by atoms with Crippen molar-refractivity contribution in [2.45, 2.75) is 52.3 Å². The minimum absolute atomic E-state index is 0.0483. The molecule has 0 saturated heterocycles. The standard InChI is InChI=1S/C36H39N3O7/c1-23(2)32-35(43)38(22-31(40)37-29(20-25-12-8-6-9-13-25)33(41)36(44)46-24(3)4)30(26-14-10-7-11-15-26)21-39(32)34(42)27-16-18-28(45-5)19-17-27/h6-19,21,23-24,29,32H,20,22H2,1-5H3,(H,37,40)/t29-,32?/m0/s1. The molecule has 1 unspecified atom stereocenters. The Morgan fingerprint density at radius 2 is 1.46 bits per heavy atom. The van der Waals surface area contributed by atoms with E-state index >= 15 is 0 Å². The van der Waals surface area contributed by atoms with E-state index in [2.05, 4.69) is 5.32 Å². The number of ketones is 1. The van der Waals surface area contributed by atoms with Crippen LogP contribution in [-0.4, -0.2) is 71.1 Å². The Morgan fingerprint density at radius 1 is 0.848 bits per heavy atom. The number of esters is 1. The van der Waals surface area contributed by atoms with Crippen molar-refractivity contribution in [2.24, 2.45) is 5.92 Å². The molecule has 0 radical (unpaired) electrons. The van der Waals surface area contributed by atoms with Crippen LogP contribution < -0.4 is 10.1 Å². The summed E-state index contributed by atoms with van der Waals surface area (Å²) in [6.07, 6.45) is 1.12. The molecule has 0 fully saturated rings. The third-order valence-corrected chi connectivity index (χ3v) is 7.42. The third-order valence-electron chi connectivity index (χ3n) is 7.42. The molecule has 1 aliphatic rings. The first kappa shape index (κ1) is 33.6. The highest BCUT2D eigenvalue weighted by atomic mass is 16.5. The lowest BCUT2D eigenvalue weighted by Gasteiger charge is -2.41. The summed E-state index contributed by atoms with van der Waals surface area (Å²) in [5.41, 5.74) is 2.04. The second kappa shape index (κ2) is 15.2. The van der Waals surface area contributed by atoms with E-state index in [4.69, 9.17) is 9.47 Å². The fourth-order valence-corrected chi connectivity index (χ4v) is 5.21. The fourth-order valence-electron chi connectivity index (χ4n) is 5.21. The molecule has 0 saturated carbocycles. The molecule has 10 nitrogen and oxygen atoms in total. The molecule has 10 heteroatoms. The van der Waals surface area contributed by atoms with E-state index in [0.717, 1.165) is 5.56 Å². The van der Waals surface area contributed by atoms with Crippen LogP contribution in [0.5, 0.6) is 5.75 Å². The summed E-state index contributed by atoms with van der Waals surface area (Å²) in [5.74, 6) is -3.17. The largest absolute Gasteiger partial charge is 0.497 e. The van der Waals surface area contributed by atoms with Crippen LogP contribution in [0.15, 0.2) is 91.1 Å². The summed E-state index contributed by atoms with van der Waals surface area (Å²) in [5, 5.41) is 2.67. The zero-order chi connectivity index (χ0) is 33.4. The summed E-state index contributed by atoms with van der Waals surface area (Å²) in [6, 6.07) is 22.4. The average Bonchev–Trinajstić information content (AvgIpc) is 3.04. The van der Waals surface area contributed by atoms with Gasteiger partial charge in [-0.05, 0) is 55.2 Å². The number of Topliss-reactive ketones (excluding diaryl/α,β-unsaturated/α-hetero) is 1. The maximum atomic E-state index is 14.2. The number of nitrogens with one attached hydrogen (secondary N) is 1. The smallest absolute Gasteiger partial charge is 0.377 e. The molecule has 3 amide bonds. The van der Waals surface area contributed by atoms with Gasteiger partial charge in [-0.2, -0.15) is 0 Å². The molecule has 1 N–H and O–H groups in total. The number of benzene rings is 3. The molecule has 0 bridgehead atoms. The van der Waals surface area contributed by atoms with Crippen LogP contribution >= 0.6 is 0 Å². The van der Waals surface area contributed by atoms with Crippen LogP contribution in [0.2, 0.25) is 0 Å². The molecule has 0 aromatic heterocycles. The summed E-state index contributed by atoms with van der Waals surface area (Å²) in [7, 11) is 1.53. The molecular formula is C36H39N3O7.